The molecule has 0 spiro atoms. The molecule has 0 heterocycles. The summed E-state index contributed by atoms with van der Waals surface area (Å²) >= 11 is 2.25. The predicted octanol–water partition coefficient (Wildman–Crippen LogP) is 6.72. The zero-order valence-corrected chi connectivity index (χ0v) is 20.5. The molecule has 1 saturated carbocycles. The lowest BCUT2D eigenvalue weighted by Gasteiger charge is -2.14. The molecule has 3 rings (SSSR count). The fourth-order valence-electron chi connectivity index (χ4n) is 3.60. The largest absolute Gasteiger partial charge is 0.454 e. The number of para-hydroxylation sites is 1. The second kappa shape index (κ2) is 10.6. The lowest BCUT2D eigenvalue weighted by Crippen LogP contribution is -2.16. The maximum atomic E-state index is 14.3. The molecule has 0 bridgehead atoms. The van der Waals surface area contributed by atoms with Gasteiger partial charge in [0, 0.05) is 11.0 Å². The maximum Gasteiger partial charge on any atom is 0.313 e. The first kappa shape index (κ1) is 24.5. The number of carbonyl (C=O) groups excluding carboxylic acids is 1. The van der Waals surface area contributed by atoms with Crippen LogP contribution in [0.2, 0.25) is 0 Å². The quantitative estimate of drug-likeness (QED) is 0.186. The van der Waals surface area contributed by atoms with Crippen molar-refractivity contribution in [2.75, 3.05) is 0 Å². The normalized spacial score (nSPS) is 20.6. The summed E-state index contributed by atoms with van der Waals surface area (Å²) in [4.78, 5) is 12.9. The van der Waals surface area contributed by atoms with Gasteiger partial charge in [0.1, 0.15) is 15.9 Å². The summed E-state index contributed by atoms with van der Waals surface area (Å²) in [6.45, 7) is 6.04. The Hall–Kier alpha value is -2.18. The molecule has 0 radical (unpaired) electrons. The van der Waals surface area contributed by atoms with Crippen molar-refractivity contribution in [2.24, 2.45) is 11.3 Å². The number of nitrogens with zero attached hydrogens (tertiary/aromatic N) is 1. The Morgan fingerprint density at radius 3 is 2.62 bits per heavy atom. The van der Waals surface area contributed by atoms with Gasteiger partial charge in [-0.25, -0.2) is 4.39 Å². The molecule has 4 unspecified atom stereocenters. The average Bonchev–Trinajstić information content (AvgIpc) is 3.32. The molecule has 2 aromatic carbocycles. The molecule has 1 aliphatic rings. The molecule has 32 heavy (non-hydrogen) atoms. The van der Waals surface area contributed by atoms with Gasteiger partial charge in [-0.2, -0.15) is 5.26 Å². The molecule has 5 nitrogen and oxygen atoms in total. The number of benzene rings is 2. The van der Waals surface area contributed by atoms with E-state index in [4.69, 9.17) is 14.2 Å². The minimum Gasteiger partial charge on any atom is -0.454 e. The van der Waals surface area contributed by atoms with Crippen molar-refractivity contribution in [3.8, 4) is 17.6 Å². The van der Waals surface area contributed by atoms with E-state index >= 15 is 0 Å². The van der Waals surface area contributed by atoms with E-state index in [1.165, 1.54) is 18.2 Å². The Balaban J connectivity index is 1.68. The third kappa shape index (κ3) is 5.78. The van der Waals surface area contributed by atoms with E-state index in [2.05, 4.69) is 29.5 Å². The summed E-state index contributed by atoms with van der Waals surface area (Å²) in [5.41, 5.74) is -0.0179. The van der Waals surface area contributed by atoms with Crippen molar-refractivity contribution in [1.82, 2.24) is 0 Å². The molecule has 7 heteroatoms. The Bertz CT molecular complexity index is 976. The van der Waals surface area contributed by atoms with Crippen LogP contribution < -0.4 is 4.74 Å². The van der Waals surface area contributed by atoms with Crippen LogP contribution >= 0.6 is 22.6 Å². The number of rotatable bonds is 10. The smallest absolute Gasteiger partial charge is 0.313 e. The molecule has 0 saturated heterocycles. The third-order valence-corrected chi connectivity index (χ3v) is 6.56. The molecule has 4 atom stereocenters. The summed E-state index contributed by atoms with van der Waals surface area (Å²) in [7, 11) is 0. The fourth-order valence-corrected chi connectivity index (χ4v) is 4.36. The van der Waals surface area contributed by atoms with Crippen LogP contribution in [0, 0.1) is 28.5 Å². The van der Waals surface area contributed by atoms with E-state index in [-0.39, 0.29) is 21.4 Å². The van der Waals surface area contributed by atoms with Crippen molar-refractivity contribution in [2.45, 2.75) is 56.4 Å². The number of hydrogen-bond donors (Lipinski definition) is 0. The first-order valence-electron chi connectivity index (χ1n) is 10.7. The van der Waals surface area contributed by atoms with Crippen LogP contribution in [0.1, 0.15) is 51.7 Å². The molecular formula is C25H27FINO4. The molecule has 1 aliphatic carbocycles. The van der Waals surface area contributed by atoms with Gasteiger partial charge in [-0.15, -0.1) is 0 Å². The monoisotopic (exact) mass is 551 g/mol. The summed E-state index contributed by atoms with van der Waals surface area (Å²) < 4.78 is 31.5. The highest BCUT2D eigenvalue weighted by molar-refractivity contribution is 14.1. The zero-order valence-electron chi connectivity index (χ0n) is 18.4. The second-order valence-corrected chi connectivity index (χ2v) is 9.85. The first-order valence-corrected chi connectivity index (χ1v) is 11.9. The number of halogens is 2. The highest BCUT2D eigenvalue weighted by atomic mass is 127. The molecule has 0 amide bonds. The van der Waals surface area contributed by atoms with Crippen LogP contribution in [0.3, 0.4) is 0 Å². The minimum absolute atomic E-state index is 0.0242. The Morgan fingerprint density at radius 1 is 1.25 bits per heavy atom. The van der Waals surface area contributed by atoms with Crippen molar-refractivity contribution < 1.29 is 23.4 Å². The van der Waals surface area contributed by atoms with Gasteiger partial charge in [-0.05, 0) is 30.7 Å². The maximum absolute atomic E-state index is 14.3. The lowest BCUT2D eigenvalue weighted by molar-refractivity contribution is -0.150. The number of alkyl halides is 1. The molecule has 1 fully saturated rings. The van der Waals surface area contributed by atoms with Gasteiger partial charge in [0.05, 0.1) is 12.0 Å². The topological polar surface area (TPSA) is 68.5 Å². The van der Waals surface area contributed by atoms with E-state index in [0.717, 1.165) is 19.3 Å². The van der Waals surface area contributed by atoms with Gasteiger partial charge < -0.3 is 14.2 Å². The van der Waals surface area contributed by atoms with Gasteiger partial charge in [0.25, 0.3) is 0 Å². The SMILES string of the molecule is CCCCC(I)OC1C(C(=O)OC(C#N)c2ccc(F)c(Oc3ccccc3)c2)C1(C)C. The van der Waals surface area contributed by atoms with E-state index in [1.807, 2.05) is 26.0 Å². The van der Waals surface area contributed by atoms with E-state index < -0.39 is 23.8 Å². The van der Waals surface area contributed by atoms with Crippen LogP contribution in [0.4, 0.5) is 4.39 Å². The number of nitriles is 1. The molecule has 0 aliphatic heterocycles. The van der Waals surface area contributed by atoms with Crippen molar-refractivity contribution in [1.29, 1.82) is 5.26 Å². The van der Waals surface area contributed by atoms with Gasteiger partial charge >= 0.3 is 5.97 Å². The fraction of sp³-hybridized carbons (Fsp3) is 0.440. The summed E-state index contributed by atoms with van der Waals surface area (Å²) in [6.07, 6.45) is 1.64. The molecule has 0 N–H and O–H groups in total. The summed E-state index contributed by atoms with van der Waals surface area (Å²) in [6, 6.07) is 14.8. The molecular weight excluding hydrogens is 524 g/mol. The summed E-state index contributed by atoms with van der Waals surface area (Å²) in [5.74, 6) is -1.08. The average molecular weight is 551 g/mol. The first-order chi connectivity index (χ1) is 15.3. The second-order valence-electron chi connectivity index (χ2n) is 8.46. The Kier molecular flexibility index (Phi) is 8.12. The summed E-state index contributed by atoms with van der Waals surface area (Å²) in [5, 5.41) is 9.62. The minimum atomic E-state index is -1.17. The lowest BCUT2D eigenvalue weighted by atomic mass is 10.1. The molecule has 170 valence electrons. The van der Waals surface area contributed by atoms with Crippen LogP contribution in [-0.4, -0.2) is 16.2 Å². The van der Waals surface area contributed by atoms with Crippen LogP contribution in [-0.2, 0) is 14.3 Å². The third-order valence-electron chi connectivity index (χ3n) is 5.64. The van der Waals surface area contributed by atoms with Gasteiger partial charge in [0.2, 0.25) is 6.10 Å². The van der Waals surface area contributed by atoms with Gasteiger partial charge in [0.15, 0.2) is 11.6 Å². The van der Waals surface area contributed by atoms with Crippen LogP contribution in [0.5, 0.6) is 11.5 Å². The van der Waals surface area contributed by atoms with Crippen molar-refractivity contribution in [3.05, 3.63) is 59.9 Å². The zero-order chi connectivity index (χ0) is 23.3. The number of esters is 1. The van der Waals surface area contributed by atoms with Gasteiger partial charge in [-0.1, -0.05) is 80.5 Å². The number of unbranched alkanes of at least 4 members (excludes halogenated alkanes) is 1. The van der Waals surface area contributed by atoms with E-state index in [0.29, 0.717) is 11.3 Å². The van der Waals surface area contributed by atoms with Crippen molar-refractivity contribution in [3.63, 3.8) is 0 Å². The molecule has 2 aromatic rings. The predicted molar refractivity (Wildman–Crippen MR) is 127 cm³/mol. The number of hydrogen-bond acceptors (Lipinski definition) is 5. The van der Waals surface area contributed by atoms with Crippen LogP contribution in [0.25, 0.3) is 0 Å². The van der Waals surface area contributed by atoms with E-state index in [1.54, 1.807) is 24.3 Å². The Morgan fingerprint density at radius 2 is 1.97 bits per heavy atom. The highest BCUT2D eigenvalue weighted by Crippen LogP contribution is 2.56. The van der Waals surface area contributed by atoms with Gasteiger partial charge in [-0.3, -0.25) is 4.79 Å². The number of carbonyl (C=O) groups is 1. The standard InChI is InChI=1S/C25H27FINO4/c1-4-5-11-21(27)32-23-22(25(23,2)3)24(29)31-20(15-28)16-12-13-18(26)19(14-16)30-17-9-7-6-8-10-17/h6-10,12-14,20-23H,4-5,11H2,1-3H3. The number of ether oxygens (including phenoxy) is 3. The van der Waals surface area contributed by atoms with Crippen molar-refractivity contribution >= 4 is 28.6 Å². The Labute approximate surface area is 202 Å². The highest BCUT2D eigenvalue weighted by Gasteiger charge is 2.65. The van der Waals surface area contributed by atoms with Crippen LogP contribution in [0.15, 0.2) is 48.5 Å². The van der Waals surface area contributed by atoms with E-state index in [9.17, 15) is 14.4 Å². The molecule has 0 aromatic heterocycles.